The highest BCUT2D eigenvalue weighted by Gasteiger charge is 2.56. The molecule has 8 heteroatoms. The molecule has 0 radical (unpaired) electrons. The SMILES string of the molecule is CCOC(=O)[C@@H]1[C@H](c2ccc(OC)c(O)c2)c2cc3c(cc2O[C@@]1(C)N1CCCC1)OCO3. The van der Waals surface area contributed by atoms with E-state index in [4.69, 9.17) is 23.7 Å². The molecule has 33 heavy (non-hydrogen) atoms. The largest absolute Gasteiger partial charge is 0.504 e. The molecule has 0 amide bonds. The molecule has 1 fully saturated rings. The first-order valence-electron chi connectivity index (χ1n) is 11.4. The van der Waals surface area contributed by atoms with E-state index in [9.17, 15) is 9.90 Å². The summed E-state index contributed by atoms with van der Waals surface area (Å²) in [6, 6.07) is 8.95. The predicted octanol–water partition coefficient (Wildman–Crippen LogP) is 3.65. The van der Waals surface area contributed by atoms with Gasteiger partial charge in [0.15, 0.2) is 28.7 Å². The number of rotatable bonds is 5. The molecule has 1 N–H and O–H groups in total. The van der Waals surface area contributed by atoms with Crippen molar-refractivity contribution in [3.8, 4) is 28.7 Å². The van der Waals surface area contributed by atoms with Crippen molar-refractivity contribution in [3.05, 3.63) is 41.5 Å². The van der Waals surface area contributed by atoms with Gasteiger partial charge in [-0.15, -0.1) is 0 Å². The number of phenols is 1. The van der Waals surface area contributed by atoms with Crippen LogP contribution in [0.1, 0.15) is 43.7 Å². The Balaban J connectivity index is 1.72. The van der Waals surface area contributed by atoms with E-state index >= 15 is 0 Å². The van der Waals surface area contributed by atoms with Crippen LogP contribution >= 0.6 is 0 Å². The number of esters is 1. The quantitative estimate of drug-likeness (QED) is 0.684. The first-order valence-corrected chi connectivity index (χ1v) is 11.4. The van der Waals surface area contributed by atoms with Crippen molar-refractivity contribution < 1.29 is 33.6 Å². The molecule has 2 aromatic rings. The number of benzene rings is 2. The number of fused-ring (bicyclic) bond motifs is 2. The molecule has 176 valence electrons. The molecule has 3 aliphatic rings. The molecular formula is C25H29NO7. The minimum absolute atomic E-state index is 0.00858. The second kappa shape index (κ2) is 8.33. The maximum absolute atomic E-state index is 13.5. The zero-order valence-electron chi connectivity index (χ0n) is 19.1. The maximum atomic E-state index is 13.5. The first-order chi connectivity index (χ1) is 16.0. The Labute approximate surface area is 192 Å². The van der Waals surface area contributed by atoms with Crippen LogP contribution < -0.4 is 18.9 Å². The molecule has 3 heterocycles. The van der Waals surface area contributed by atoms with Crippen molar-refractivity contribution in [1.82, 2.24) is 4.90 Å². The minimum atomic E-state index is -0.941. The predicted molar refractivity (Wildman–Crippen MR) is 119 cm³/mol. The Kier molecular flexibility index (Phi) is 5.48. The maximum Gasteiger partial charge on any atom is 0.315 e. The summed E-state index contributed by atoms with van der Waals surface area (Å²) in [6.45, 7) is 5.81. The molecule has 0 aromatic heterocycles. The van der Waals surface area contributed by atoms with Gasteiger partial charge in [-0.2, -0.15) is 0 Å². The molecule has 2 aromatic carbocycles. The van der Waals surface area contributed by atoms with Crippen molar-refractivity contribution >= 4 is 5.97 Å². The molecule has 3 aliphatic heterocycles. The average molecular weight is 456 g/mol. The number of hydrogen-bond acceptors (Lipinski definition) is 8. The number of likely N-dealkylation sites (tertiary alicyclic amines) is 1. The lowest BCUT2D eigenvalue weighted by atomic mass is 9.72. The van der Waals surface area contributed by atoms with E-state index in [2.05, 4.69) is 4.90 Å². The molecule has 0 aliphatic carbocycles. The zero-order valence-corrected chi connectivity index (χ0v) is 19.1. The van der Waals surface area contributed by atoms with Crippen LogP contribution in [-0.4, -0.2) is 55.3 Å². The van der Waals surface area contributed by atoms with Crippen LogP contribution in [0.2, 0.25) is 0 Å². The van der Waals surface area contributed by atoms with Gasteiger partial charge in [-0.3, -0.25) is 9.69 Å². The van der Waals surface area contributed by atoms with E-state index in [0.717, 1.165) is 37.1 Å². The molecule has 0 spiro atoms. The van der Waals surface area contributed by atoms with Crippen LogP contribution in [0.4, 0.5) is 0 Å². The second-order valence-electron chi connectivity index (χ2n) is 8.73. The normalized spacial score (nSPS) is 25.9. The molecule has 8 nitrogen and oxygen atoms in total. The first kappa shape index (κ1) is 21.7. The fourth-order valence-electron chi connectivity index (χ4n) is 5.33. The lowest BCUT2D eigenvalue weighted by Gasteiger charge is -2.49. The van der Waals surface area contributed by atoms with Gasteiger partial charge in [-0.25, -0.2) is 0 Å². The third-order valence-corrected chi connectivity index (χ3v) is 6.90. The Bertz CT molecular complexity index is 1060. The topological polar surface area (TPSA) is 86.7 Å². The number of nitrogens with zero attached hydrogens (tertiary/aromatic N) is 1. The van der Waals surface area contributed by atoms with Crippen molar-refractivity contribution in [2.45, 2.75) is 38.3 Å². The monoisotopic (exact) mass is 455 g/mol. The van der Waals surface area contributed by atoms with E-state index in [1.54, 1.807) is 19.1 Å². The minimum Gasteiger partial charge on any atom is -0.504 e. The number of methoxy groups -OCH3 is 1. The van der Waals surface area contributed by atoms with Crippen molar-refractivity contribution in [2.24, 2.45) is 5.92 Å². The summed E-state index contributed by atoms with van der Waals surface area (Å²) >= 11 is 0. The summed E-state index contributed by atoms with van der Waals surface area (Å²) in [7, 11) is 1.50. The van der Waals surface area contributed by atoms with E-state index < -0.39 is 17.6 Å². The van der Waals surface area contributed by atoms with E-state index in [1.165, 1.54) is 7.11 Å². The number of phenolic OH excluding ortho intramolecular Hbond substituents is 1. The molecule has 0 bridgehead atoms. The Morgan fingerprint density at radius 3 is 2.55 bits per heavy atom. The number of carbonyl (C=O) groups excluding carboxylic acids is 1. The van der Waals surface area contributed by atoms with Gasteiger partial charge >= 0.3 is 5.97 Å². The van der Waals surface area contributed by atoms with Gasteiger partial charge in [0.05, 0.1) is 13.7 Å². The highest BCUT2D eigenvalue weighted by Crippen LogP contribution is 2.54. The summed E-state index contributed by atoms with van der Waals surface area (Å²) < 4.78 is 28.7. The van der Waals surface area contributed by atoms with Gasteiger partial charge in [0.25, 0.3) is 0 Å². The summed E-state index contributed by atoms with van der Waals surface area (Å²) in [5, 5.41) is 10.6. The second-order valence-corrected chi connectivity index (χ2v) is 8.73. The van der Waals surface area contributed by atoms with Gasteiger partial charge in [-0.1, -0.05) is 6.07 Å². The van der Waals surface area contributed by atoms with Crippen LogP contribution in [0.5, 0.6) is 28.7 Å². The van der Waals surface area contributed by atoms with E-state index in [1.807, 2.05) is 25.1 Å². The van der Waals surface area contributed by atoms with E-state index in [-0.39, 0.29) is 25.1 Å². The lowest BCUT2D eigenvalue weighted by Crippen LogP contribution is -2.61. The van der Waals surface area contributed by atoms with Gasteiger partial charge in [-0.05, 0) is 50.5 Å². The smallest absolute Gasteiger partial charge is 0.315 e. The average Bonchev–Trinajstić information content (AvgIpc) is 3.49. The number of aromatic hydroxyl groups is 1. The number of carbonyl (C=O) groups is 1. The van der Waals surface area contributed by atoms with Crippen molar-refractivity contribution in [1.29, 1.82) is 0 Å². The van der Waals surface area contributed by atoms with Crippen LogP contribution in [0.15, 0.2) is 30.3 Å². The molecule has 0 saturated carbocycles. The third-order valence-electron chi connectivity index (χ3n) is 6.90. The lowest BCUT2D eigenvalue weighted by molar-refractivity contribution is -0.174. The summed E-state index contributed by atoms with van der Waals surface area (Å²) in [4.78, 5) is 15.8. The molecule has 0 unspecified atom stereocenters. The van der Waals surface area contributed by atoms with Crippen molar-refractivity contribution in [2.75, 3.05) is 33.6 Å². The number of hydrogen-bond donors (Lipinski definition) is 1. The highest BCUT2D eigenvalue weighted by atomic mass is 16.7. The van der Waals surface area contributed by atoms with Crippen LogP contribution in [0, 0.1) is 5.92 Å². The molecular weight excluding hydrogens is 426 g/mol. The molecule has 1 saturated heterocycles. The van der Waals surface area contributed by atoms with Gasteiger partial charge in [0.1, 0.15) is 11.7 Å². The Hall–Kier alpha value is -3.13. The third kappa shape index (κ3) is 3.53. The van der Waals surface area contributed by atoms with Crippen LogP contribution in [-0.2, 0) is 9.53 Å². The van der Waals surface area contributed by atoms with Gasteiger partial charge < -0.3 is 28.8 Å². The highest BCUT2D eigenvalue weighted by molar-refractivity contribution is 5.78. The fourth-order valence-corrected chi connectivity index (χ4v) is 5.33. The molecule has 3 atom stereocenters. The Morgan fingerprint density at radius 1 is 1.15 bits per heavy atom. The van der Waals surface area contributed by atoms with Crippen LogP contribution in [0.25, 0.3) is 0 Å². The summed E-state index contributed by atoms with van der Waals surface area (Å²) in [5.41, 5.74) is 0.614. The zero-order chi connectivity index (χ0) is 23.2. The molecule has 5 rings (SSSR count). The van der Waals surface area contributed by atoms with Crippen molar-refractivity contribution in [3.63, 3.8) is 0 Å². The van der Waals surface area contributed by atoms with Gasteiger partial charge in [0.2, 0.25) is 6.79 Å². The van der Waals surface area contributed by atoms with Gasteiger partial charge in [0, 0.05) is 30.6 Å². The summed E-state index contributed by atoms with van der Waals surface area (Å²) in [6.07, 6.45) is 2.08. The summed E-state index contributed by atoms with van der Waals surface area (Å²) in [5.74, 6) is 0.780. The Morgan fingerprint density at radius 2 is 1.88 bits per heavy atom. The van der Waals surface area contributed by atoms with Crippen LogP contribution in [0.3, 0.4) is 0 Å². The van der Waals surface area contributed by atoms with E-state index in [0.29, 0.717) is 23.0 Å². The standard InChI is InChI=1S/C25H29NO7/c1-4-30-24(28)23-22(15-7-8-18(29-3)17(27)11-15)16-12-20-21(32-14-31-20)13-19(16)33-25(23,2)26-9-5-6-10-26/h7-8,11-13,22-23,27H,4-6,9-10,14H2,1-3H3/t22-,23+,25-/m1/s1. The number of ether oxygens (including phenoxy) is 5. The fraction of sp³-hybridized carbons (Fsp3) is 0.480.